The molecule has 0 fully saturated rings. The Morgan fingerprint density at radius 2 is 1.80 bits per heavy atom. The molecule has 0 bridgehead atoms. The van der Waals surface area contributed by atoms with Gasteiger partial charge in [-0.1, -0.05) is 30.3 Å². The van der Waals surface area contributed by atoms with Crippen LogP contribution in [0.15, 0.2) is 64.9 Å². The fraction of sp³-hybridized carbons (Fsp3) is 0.0667. The molecule has 0 saturated carbocycles. The van der Waals surface area contributed by atoms with Crippen molar-refractivity contribution in [1.29, 1.82) is 0 Å². The van der Waals surface area contributed by atoms with Crippen LogP contribution in [0.3, 0.4) is 0 Å². The van der Waals surface area contributed by atoms with Crippen LogP contribution in [-0.2, 0) is 0 Å². The number of carbonyl (C=O) groups is 2. The molecular weight excluding hydrogens is 256 g/mol. The number of hydrogen-bond donors (Lipinski definition) is 2. The van der Waals surface area contributed by atoms with Crippen molar-refractivity contribution in [1.82, 2.24) is 10.9 Å². The number of rotatable bonds is 5. The molecule has 1 aromatic carbocycles. The molecule has 0 aliphatic carbocycles. The molecule has 2 N–H and O–H groups in total. The van der Waals surface area contributed by atoms with Crippen LogP contribution in [0.25, 0.3) is 0 Å². The average molecular weight is 270 g/mol. The van der Waals surface area contributed by atoms with Crippen LogP contribution < -0.4 is 10.9 Å². The van der Waals surface area contributed by atoms with Gasteiger partial charge in [0.1, 0.15) is 0 Å². The molecule has 0 atom stereocenters. The average Bonchev–Trinajstić information content (AvgIpc) is 3.00. The summed E-state index contributed by atoms with van der Waals surface area (Å²) in [5, 5.41) is 0. The van der Waals surface area contributed by atoms with E-state index < -0.39 is 5.91 Å². The number of hydrogen-bond acceptors (Lipinski definition) is 4. The van der Waals surface area contributed by atoms with E-state index in [9.17, 15) is 9.59 Å². The van der Waals surface area contributed by atoms with Gasteiger partial charge in [-0.25, -0.2) is 0 Å². The summed E-state index contributed by atoms with van der Waals surface area (Å²) in [5.74, 6) is -0.350. The second-order valence-corrected chi connectivity index (χ2v) is 4.11. The van der Waals surface area contributed by atoms with Crippen LogP contribution in [0.5, 0.6) is 0 Å². The third-order valence-corrected chi connectivity index (χ3v) is 2.52. The van der Waals surface area contributed by atoms with E-state index in [1.165, 1.54) is 12.3 Å². The van der Waals surface area contributed by atoms with Gasteiger partial charge < -0.3 is 9.84 Å². The molecule has 5 heteroatoms. The molecule has 2 aromatic rings. The highest BCUT2D eigenvalue weighted by atomic mass is 16.3. The molecular formula is C15H14N2O3. The van der Waals surface area contributed by atoms with E-state index in [2.05, 4.69) is 10.9 Å². The summed E-state index contributed by atoms with van der Waals surface area (Å²) in [7, 11) is 0. The van der Waals surface area contributed by atoms with Gasteiger partial charge in [-0.05, 0) is 19.1 Å². The van der Waals surface area contributed by atoms with E-state index in [1.54, 1.807) is 43.3 Å². The second kappa shape index (κ2) is 6.38. The van der Waals surface area contributed by atoms with Crippen LogP contribution in [0, 0.1) is 0 Å². The van der Waals surface area contributed by atoms with Crippen LogP contribution >= 0.6 is 0 Å². The van der Waals surface area contributed by atoms with Crippen molar-refractivity contribution in [2.45, 2.75) is 6.92 Å². The fourth-order valence-electron chi connectivity index (χ4n) is 1.54. The molecule has 0 aliphatic rings. The van der Waals surface area contributed by atoms with Crippen molar-refractivity contribution in [3.8, 4) is 0 Å². The summed E-state index contributed by atoms with van der Waals surface area (Å²) in [6, 6.07) is 12.1. The summed E-state index contributed by atoms with van der Waals surface area (Å²) < 4.78 is 4.94. The Kier molecular flexibility index (Phi) is 4.34. The van der Waals surface area contributed by atoms with Crippen molar-refractivity contribution >= 4 is 11.7 Å². The minimum atomic E-state index is -0.407. The summed E-state index contributed by atoms with van der Waals surface area (Å²) in [6.45, 7) is 1.68. The Balaban J connectivity index is 1.91. The lowest BCUT2D eigenvalue weighted by molar-refractivity contribution is 0.0909. The molecule has 20 heavy (non-hydrogen) atoms. The van der Waals surface area contributed by atoms with Gasteiger partial charge in [0.15, 0.2) is 11.5 Å². The van der Waals surface area contributed by atoms with E-state index in [0.717, 1.165) is 0 Å². The predicted molar refractivity (Wildman–Crippen MR) is 73.8 cm³/mol. The fourth-order valence-corrected chi connectivity index (χ4v) is 1.54. The molecule has 102 valence electrons. The van der Waals surface area contributed by atoms with Gasteiger partial charge in [-0.15, -0.1) is 0 Å². The molecule has 5 nitrogen and oxygen atoms in total. The van der Waals surface area contributed by atoms with Gasteiger partial charge in [0.05, 0.1) is 6.26 Å². The summed E-state index contributed by atoms with van der Waals surface area (Å²) in [6.07, 6.45) is 2.83. The van der Waals surface area contributed by atoms with E-state index in [-0.39, 0.29) is 11.5 Å². The number of furan rings is 1. The van der Waals surface area contributed by atoms with E-state index in [0.29, 0.717) is 11.3 Å². The van der Waals surface area contributed by atoms with E-state index in [4.69, 9.17) is 4.42 Å². The highest BCUT2D eigenvalue weighted by molar-refractivity contribution is 6.04. The standard InChI is InChI=1S/C15H14N2O3/c1-11(10-13(18)12-6-3-2-4-7-12)16-17-15(19)14-8-5-9-20-14/h2-10,16H,1H3,(H,17,19)/b11-10-. The second-order valence-electron chi connectivity index (χ2n) is 4.11. The van der Waals surface area contributed by atoms with Gasteiger partial charge in [-0.3, -0.25) is 15.0 Å². The van der Waals surface area contributed by atoms with Gasteiger partial charge in [0.2, 0.25) is 0 Å². The first-order valence-electron chi connectivity index (χ1n) is 6.04. The molecule has 0 spiro atoms. The monoisotopic (exact) mass is 270 g/mol. The highest BCUT2D eigenvalue weighted by Gasteiger charge is 2.07. The Hall–Kier alpha value is -2.82. The third kappa shape index (κ3) is 3.58. The van der Waals surface area contributed by atoms with Crippen LogP contribution in [0.1, 0.15) is 27.8 Å². The maximum absolute atomic E-state index is 11.9. The van der Waals surface area contributed by atoms with E-state index in [1.807, 2.05) is 6.07 Å². The molecule has 2 rings (SSSR count). The normalized spacial score (nSPS) is 10.9. The quantitative estimate of drug-likeness (QED) is 0.497. The Morgan fingerprint density at radius 1 is 1.05 bits per heavy atom. The number of amides is 1. The number of hydrazine groups is 1. The molecule has 1 aromatic heterocycles. The minimum absolute atomic E-state index is 0.136. The first-order chi connectivity index (χ1) is 9.66. The third-order valence-electron chi connectivity index (χ3n) is 2.52. The van der Waals surface area contributed by atoms with Crippen molar-refractivity contribution in [3.05, 3.63) is 71.8 Å². The number of benzene rings is 1. The Bertz CT molecular complexity index is 616. The van der Waals surface area contributed by atoms with Crippen molar-refractivity contribution in [2.24, 2.45) is 0 Å². The zero-order chi connectivity index (χ0) is 14.4. The number of allylic oxidation sites excluding steroid dienone is 2. The Morgan fingerprint density at radius 3 is 2.45 bits per heavy atom. The number of ketones is 1. The minimum Gasteiger partial charge on any atom is -0.459 e. The van der Waals surface area contributed by atoms with Crippen molar-refractivity contribution in [3.63, 3.8) is 0 Å². The van der Waals surface area contributed by atoms with Gasteiger partial charge in [-0.2, -0.15) is 0 Å². The van der Waals surface area contributed by atoms with Gasteiger partial charge in [0.25, 0.3) is 0 Å². The van der Waals surface area contributed by atoms with Crippen LogP contribution in [-0.4, -0.2) is 11.7 Å². The predicted octanol–water partition coefficient (Wildman–Crippen LogP) is 2.30. The maximum Gasteiger partial charge on any atom is 0.305 e. The lowest BCUT2D eigenvalue weighted by Gasteiger charge is -2.07. The first kappa shape index (κ1) is 13.6. The SMILES string of the molecule is C/C(=C/C(=O)c1ccccc1)NNC(=O)c1ccco1. The first-order valence-corrected chi connectivity index (χ1v) is 6.04. The highest BCUT2D eigenvalue weighted by Crippen LogP contribution is 2.02. The van der Waals surface area contributed by atoms with Crippen molar-refractivity contribution in [2.75, 3.05) is 0 Å². The lowest BCUT2D eigenvalue weighted by Crippen LogP contribution is -2.36. The maximum atomic E-state index is 11.9. The summed E-state index contributed by atoms with van der Waals surface area (Å²) in [5.41, 5.74) is 6.21. The topological polar surface area (TPSA) is 71.3 Å². The smallest absolute Gasteiger partial charge is 0.305 e. The zero-order valence-electron chi connectivity index (χ0n) is 10.9. The molecule has 0 saturated heterocycles. The number of nitrogens with one attached hydrogen (secondary N) is 2. The molecule has 1 amide bonds. The largest absolute Gasteiger partial charge is 0.459 e. The van der Waals surface area contributed by atoms with Crippen LogP contribution in [0.4, 0.5) is 0 Å². The van der Waals surface area contributed by atoms with Crippen LogP contribution in [0.2, 0.25) is 0 Å². The lowest BCUT2D eigenvalue weighted by atomic mass is 10.1. The molecule has 0 radical (unpaired) electrons. The summed E-state index contributed by atoms with van der Waals surface area (Å²) in [4.78, 5) is 23.5. The number of carbonyl (C=O) groups excluding carboxylic acids is 2. The molecule has 0 aliphatic heterocycles. The van der Waals surface area contributed by atoms with Crippen molar-refractivity contribution < 1.29 is 14.0 Å². The summed E-state index contributed by atoms with van der Waals surface area (Å²) >= 11 is 0. The molecule has 0 unspecified atom stereocenters. The van der Waals surface area contributed by atoms with Gasteiger partial charge in [0, 0.05) is 17.3 Å². The molecule has 1 heterocycles. The Labute approximate surface area is 116 Å². The van der Waals surface area contributed by atoms with Gasteiger partial charge >= 0.3 is 5.91 Å². The zero-order valence-corrected chi connectivity index (χ0v) is 10.9. The van der Waals surface area contributed by atoms with E-state index >= 15 is 0 Å².